The molecule has 0 atom stereocenters. The zero-order valence-electron chi connectivity index (χ0n) is 9.09. The van der Waals surface area contributed by atoms with Gasteiger partial charge in [0.2, 0.25) is 0 Å². The Morgan fingerprint density at radius 3 is 3.06 bits per heavy atom. The third-order valence-electron chi connectivity index (χ3n) is 2.37. The first kappa shape index (κ1) is 11.7. The van der Waals surface area contributed by atoms with Crippen LogP contribution in [0.1, 0.15) is 11.3 Å². The molecule has 0 bridgehead atoms. The van der Waals surface area contributed by atoms with E-state index in [-0.39, 0.29) is 6.54 Å². The topological polar surface area (TPSA) is 74.8 Å². The van der Waals surface area contributed by atoms with Crippen molar-refractivity contribution in [2.24, 2.45) is 5.11 Å². The summed E-state index contributed by atoms with van der Waals surface area (Å²) in [4.78, 5) is 2.75. The van der Waals surface area contributed by atoms with Crippen LogP contribution in [0.4, 0.5) is 0 Å². The number of nitrogens with zero attached hydrogens (tertiary/aromatic N) is 4. The lowest BCUT2D eigenvalue weighted by molar-refractivity contribution is 0.398. The highest BCUT2D eigenvalue weighted by Gasteiger charge is 2.13. The third kappa shape index (κ3) is 2.49. The Labute approximate surface area is 106 Å². The fraction of sp³-hybridized carbons (Fsp3) is 0.182. The largest absolute Gasteiger partial charge is 0.361 e. The standard InChI is InChI=1S/C11H9BrN4O/c1-7-10(6-14-16-13)11(15-17-7)8-3-2-4-9(12)5-8/h2-5H,6H2,1H3. The van der Waals surface area contributed by atoms with E-state index in [9.17, 15) is 0 Å². The molecule has 17 heavy (non-hydrogen) atoms. The first-order chi connectivity index (χ1) is 8.22. The van der Waals surface area contributed by atoms with E-state index < -0.39 is 0 Å². The molecule has 0 unspecified atom stereocenters. The second-order valence-electron chi connectivity index (χ2n) is 3.47. The third-order valence-corrected chi connectivity index (χ3v) is 2.87. The normalized spacial score (nSPS) is 10.0. The van der Waals surface area contributed by atoms with Gasteiger partial charge in [-0.1, -0.05) is 38.3 Å². The predicted molar refractivity (Wildman–Crippen MR) is 67.2 cm³/mol. The first-order valence-corrected chi connectivity index (χ1v) is 5.73. The van der Waals surface area contributed by atoms with Crippen molar-refractivity contribution in [3.63, 3.8) is 0 Å². The molecule has 0 saturated carbocycles. The molecular formula is C11H9BrN4O. The van der Waals surface area contributed by atoms with Gasteiger partial charge in [0.15, 0.2) is 0 Å². The summed E-state index contributed by atoms with van der Waals surface area (Å²) in [5.74, 6) is 0.673. The zero-order chi connectivity index (χ0) is 12.3. The lowest BCUT2D eigenvalue weighted by Gasteiger charge is -1.99. The molecule has 0 saturated heterocycles. The van der Waals surface area contributed by atoms with Crippen LogP contribution in [0.15, 0.2) is 38.4 Å². The van der Waals surface area contributed by atoms with Gasteiger partial charge in [-0.15, -0.1) is 0 Å². The Kier molecular flexibility index (Phi) is 3.46. The van der Waals surface area contributed by atoms with Crippen molar-refractivity contribution in [1.29, 1.82) is 0 Å². The Balaban J connectivity index is 2.48. The molecule has 86 valence electrons. The number of hydrogen-bond donors (Lipinski definition) is 0. The number of halogens is 1. The maximum Gasteiger partial charge on any atom is 0.137 e. The van der Waals surface area contributed by atoms with Crippen LogP contribution in [0.5, 0.6) is 0 Å². The number of aryl methyl sites for hydroxylation is 1. The Hall–Kier alpha value is -1.78. The van der Waals surface area contributed by atoms with Gasteiger partial charge >= 0.3 is 0 Å². The van der Waals surface area contributed by atoms with Gasteiger partial charge in [-0.05, 0) is 24.6 Å². The molecule has 0 amide bonds. The molecule has 0 radical (unpaired) electrons. The highest BCUT2D eigenvalue weighted by Crippen LogP contribution is 2.27. The van der Waals surface area contributed by atoms with Crippen LogP contribution in [0.2, 0.25) is 0 Å². The minimum absolute atomic E-state index is 0.244. The van der Waals surface area contributed by atoms with Crippen molar-refractivity contribution < 1.29 is 4.52 Å². The number of benzene rings is 1. The molecule has 0 N–H and O–H groups in total. The predicted octanol–water partition coefficient (Wildman–Crippen LogP) is 4.22. The molecule has 1 heterocycles. The smallest absolute Gasteiger partial charge is 0.137 e. The van der Waals surface area contributed by atoms with Gasteiger partial charge in [-0.25, -0.2) is 0 Å². The molecule has 5 nitrogen and oxygen atoms in total. The van der Waals surface area contributed by atoms with Crippen LogP contribution in [0.3, 0.4) is 0 Å². The number of hydrogen-bond acceptors (Lipinski definition) is 3. The molecule has 0 spiro atoms. The molecular weight excluding hydrogens is 284 g/mol. The number of aromatic nitrogens is 1. The van der Waals surface area contributed by atoms with E-state index in [1.165, 1.54) is 0 Å². The van der Waals surface area contributed by atoms with Crippen LogP contribution in [-0.2, 0) is 6.54 Å². The lowest BCUT2D eigenvalue weighted by Crippen LogP contribution is -1.86. The van der Waals surface area contributed by atoms with E-state index in [1.54, 1.807) is 6.92 Å². The lowest BCUT2D eigenvalue weighted by atomic mass is 10.1. The highest BCUT2D eigenvalue weighted by molar-refractivity contribution is 9.10. The number of rotatable bonds is 3. The quantitative estimate of drug-likeness (QED) is 0.482. The van der Waals surface area contributed by atoms with E-state index in [4.69, 9.17) is 10.1 Å². The average Bonchev–Trinajstić information content (AvgIpc) is 2.68. The van der Waals surface area contributed by atoms with Crippen molar-refractivity contribution in [1.82, 2.24) is 5.16 Å². The second-order valence-corrected chi connectivity index (χ2v) is 4.38. The van der Waals surface area contributed by atoms with E-state index in [1.807, 2.05) is 24.3 Å². The second kappa shape index (κ2) is 5.03. The van der Waals surface area contributed by atoms with Crippen LogP contribution >= 0.6 is 15.9 Å². The SMILES string of the molecule is Cc1onc(-c2cccc(Br)c2)c1CN=[N+]=[N-]. The summed E-state index contributed by atoms with van der Waals surface area (Å²) >= 11 is 3.40. The Morgan fingerprint density at radius 2 is 2.35 bits per heavy atom. The first-order valence-electron chi connectivity index (χ1n) is 4.94. The van der Waals surface area contributed by atoms with Crippen LogP contribution in [-0.4, -0.2) is 5.16 Å². The molecule has 6 heteroatoms. The minimum Gasteiger partial charge on any atom is -0.361 e. The summed E-state index contributed by atoms with van der Waals surface area (Å²) in [6, 6.07) is 7.73. The molecule has 2 rings (SSSR count). The van der Waals surface area contributed by atoms with Crippen LogP contribution in [0, 0.1) is 6.92 Å². The minimum atomic E-state index is 0.244. The van der Waals surface area contributed by atoms with E-state index in [0.29, 0.717) is 5.76 Å². The monoisotopic (exact) mass is 292 g/mol. The maximum absolute atomic E-state index is 8.36. The average molecular weight is 293 g/mol. The molecule has 0 aliphatic carbocycles. The van der Waals surface area contributed by atoms with Crippen molar-refractivity contribution >= 4 is 15.9 Å². The van der Waals surface area contributed by atoms with Crippen molar-refractivity contribution in [2.75, 3.05) is 0 Å². The van der Waals surface area contributed by atoms with E-state index in [0.717, 1.165) is 21.3 Å². The Morgan fingerprint density at radius 1 is 1.53 bits per heavy atom. The summed E-state index contributed by atoms with van der Waals surface area (Å²) in [7, 11) is 0. The summed E-state index contributed by atoms with van der Waals surface area (Å²) in [6.07, 6.45) is 0. The molecule has 1 aromatic carbocycles. The molecule has 2 aromatic rings. The van der Waals surface area contributed by atoms with Crippen molar-refractivity contribution in [3.05, 3.63) is 50.5 Å². The maximum atomic E-state index is 8.36. The summed E-state index contributed by atoms with van der Waals surface area (Å²) in [5, 5.41) is 7.55. The van der Waals surface area contributed by atoms with Gasteiger partial charge in [0.1, 0.15) is 11.5 Å². The van der Waals surface area contributed by atoms with Gasteiger partial charge in [0.05, 0.1) is 6.54 Å². The zero-order valence-corrected chi connectivity index (χ0v) is 10.7. The molecule has 0 fully saturated rings. The Bertz CT molecular complexity index is 587. The number of azide groups is 1. The van der Waals surface area contributed by atoms with Crippen LogP contribution < -0.4 is 0 Å². The fourth-order valence-corrected chi connectivity index (χ4v) is 1.94. The summed E-state index contributed by atoms with van der Waals surface area (Å²) in [6.45, 7) is 2.05. The van der Waals surface area contributed by atoms with Gasteiger partial charge < -0.3 is 4.52 Å². The van der Waals surface area contributed by atoms with Crippen molar-refractivity contribution in [3.8, 4) is 11.3 Å². The van der Waals surface area contributed by atoms with Crippen LogP contribution in [0.25, 0.3) is 21.7 Å². The van der Waals surface area contributed by atoms with Gasteiger partial charge in [-0.2, -0.15) is 0 Å². The molecule has 1 aromatic heterocycles. The highest BCUT2D eigenvalue weighted by atomic mass is 79.9. The van der Waals surface area contributed by atoms with Gasteiger partial charge in [0.25, 0.3) is 0 Å². The van der Waals surface area contributed by atoms with Gasteiger partial charge in [0, 0.05) is 20.5 Å². The molecule has 0 aliphatic rings. The van der Waals surface area contributed by atoms with E-state index >= 15 is 0 Å². The van der Waals surface area contributed by atoms with Crippen molar-refractivity contribution in [2.45, 2.75) is 13.5 Å². The molecule has 0 aliphatic heterocycles. The fourth-order valence-electron chi connectivity index (χ4n) is 1.54. The van der Waals surface area contributed by atoms with E-state index in [2.05, 4.69) is 31.1 Å². The summed E-state index contributed by atoms with van der Waals surface area (Å²) in [5.41, 5.74) is 10.8. The van der Waals surface area contributed by atoms with Gasteiger partial charge in [-0.3, -0.25) is 0 Å². The summed E-state index contributed by atoms with van der Waals surface area (Å²) < 4.78 is 6.10.